The summed E-state index contributed by atoms with van der Waals surface area (Å²) in [6.07, 6.45) is 0. The quantitative estimate of drug-likeness (QED) is 0.133. The van der Waals surface area contributed by atoms with Gasteiger partial charge >= 0.3 is 0 Å². The van der Waals surface area contributed by atoms with Crippen LogP contribution in [0.15, 0.2) is 303 Å². The first kappa shape index (κ1) is 44.0. The number of rotatable bonds is 10. The van der Waals surface area contributed by atoms with E-state index in [1.165, 1.54) is 83.0 Å². The van der Waals surface area contributed by atoms with E-state index in [0.29, 0.717) is 0 Å². The van der Waals surface area contributed by atoms with E-state index in [2.05, 4.69) is 313 Å². The third-order valence-corrected chi connectivity index (χ3v) is 15.5. The number of nitrogens with zero attached hydrogens (tertiary/aromatic N) is 2. The highest BCUT2D eigenvalue weighted by molar-refractivity contribution is 6.16. The molecule has 2 nitrogen and oxygen atoms in total. The Morgan fingerprint density at radius 3 is 1.47 bits per heavy atom. The molecule has 0 spiro atoms. The van der Waals surface area contributed by atoms with Crippen molar-refractivity contribution < 1.29 is 0 Å². The van der Waals surface area contributed by atoms with Crippen LogP contribution in [0.1, 0.15) is 22.3 Å². The zero-order valence-corrected chi connectivity index (χ0v) is 41.3. The molecular weight excluding hydrogens is 905 g/mol. The largest absolute Gasteiger partial charge is 0.310 e. The fourth-order valence-electron chi connectivity index (χ4n) is 12.3. The second-order valence-electron chi connectivity index (χ2n) is 19.5. The van der Waals surface area contributed by atoms with Crippen molar-refractivity contribution in [1.29, 1.82) is 0 Å². The van der Waals surface area contributed by atoms with Crippen LogP contribution in [-0.2, 0) is 5.41 Å². The lowest BCUT2D eigenvalue weighted by molar-refractivity contribution is 0.768. The first-order chi connectivity index (χ1) is 37.3. The van der Waals surface area contributed by atoms with Crippen LogP contribution in [0.3, 0.4) is 0 Å². The molecule has 2 heteroatoms. The van der Waals surface area contributed by atoms with Crippen LogP contribution in [0.2, 0.25) is 0 Å². The second-order valence-corrected chi connectivity index (χ2v) is 19.5. The minimum Gasteiger partial charge on any atom is -0.310 e. The van der Waals surface area contributed by atoms with Gasteiger partial charge in [0, 0.05) is 33.4 Å². The summed E-state index contributed by atoms with van der Waals surface area (Å²) in [5.41, 5.74) is 23.1. The van der Waals surface area contributed by atoms with E-state index < -0.39 is 5.41 Å². The molecule has 0 unspecified atom stereocenters. The number of hydrogen-bond donors (Lipinski definition) is 0. The molecule has 1 heterocycles. The van der Waals surface area contributed by atoms with Gasteiger partial charge in [0.05, 0.1) is 22.1 Å². The molecule has 0 saturated carbocycles. The van der Waals surface area contributed by atoms with Crippen LogP contribution in [0, 0.1) is 0 Å². The van der Waals surface area contributed by atoms with Crippen molar-refractivity contribution in [1.82, 2.24) is 4.57 Å². The number of hydrogen-bond acceptors (Lipinski definition) is 1. The first-order valence-corrected chi connectivity index (χ1v) is 25.9. The Kier molecular flexibility index (Phi) is 10.8. The lowest BCUT2D eigenvalue weighted by Crippen LogP contribution is -2.28. The van der Waals surface area contributed by atoms with E-state index in [4.69, 9.17) is 0 Å². The molecule has 0 bridgehead atoms. The van der Waals surface area contributed by atoms with Crippen molar-refractivity contribution in [3.05, 3.63) is 326 Å². The number of para-hydroxylation sites is 2. The average Bonchev–Trinajstić information content (AvgIpc) is 3.99. The summed E-state index contributed by atoms with van der Waals surface area (Å²) in [6, 6.07) is 111. The molecule has 0 aliphatic heterocycles. The summed E-state index contributed by atoms with van der Waals surface area (Å²) in [6.45, 7) is 0. The van der Waals surface area contributed by atoms with Gasteiger partial charge in [-0.1, -0.05) is 249 Å². The monoisotopic (exact) mass is 954 g/mol. The van der Waals surface area contributed by atoms with Gasteiger partial charge in [-0.25, -0.2) is 0 Å². The molecule has 1 aliphatic carbocycles. The molecule has 0 amide bonds. The third-order valence-electron chi connectivity index (χ3n) is 15.5. The normalized spacial score (nSPS) is 12.4. The number of anilines is 3. The maximum atomic E-state index is 2.50. The van der Waals surface area contributed by atoms with Gasteiger partial charge in [0.2, 0.25) is 0 Å². The number of fused-ring (bicyclic) bond motifs is 6. The van der Waals surface area contributed by atoms with Crippen molar-refractivity contribution in [3.63, 3.8) is 0 Å². The summed E-state index contributed by atoms with van der Waals surface area (Å²) in [5.74, 6) is 0. The molecule has 0 saturated heterocycles. The Balaban J connectivity index is 1.02. The van der Waals surface area contributed by atoms with Crippen LogP contribution in [0.5, 0.6) is 0 Å². The third kappa shape index (κ3) is 7.17. The van der Waals surface area contributed by atoms with Gasteiger partial charge in [-0.3, -0.25) is 0 Å². The Labute approximate surface area is 438 Å². The highest BCUT2D eigenvalue weighted by atomic mass is 15.1. The maximum Gasteiger partial charge on any atom is 0.0713 e. The molecule has 0 atom stereocenters. The molecule has 13 aromatic rings. The van der Waals surface area contributed by atoms with Crippen LogP contribution >= 0.6 is 0 Å². The molecule has 1 aliphatic rings. The van der Waals surface area contributed by atoms with E-state index in [-0.39, 0.29) is 0 Å². The Bertz CT molecular complexity index is 4160. The van der Waals surface area contributed by atoms with Gasteiger partial charge in [0.25, 0.3) is 0 Å². The molecule has 0 radical (unpaired) electrons. The topological polar surface area (TPSA) is 8.17 Å². The zero-order valence-electron chi connectivity index (χ0n) is 41.3. The van der Waals surface area contributed by atoms with Gasteiger partial charge in [-0.05, 0) is 127 Å². The maximum absolute atomic E-state index is 2.50. The smallest absolute Gasteiger partial charge is 0.0713 e. The van der Waals surface area contributed by atoms with E-state index in [9.17, 15) is 0 Å². The van der Waals surface area contributed by atoms with Crippen LogP contribution < -0.4 is 4.90 Å². The van der Waals surface area contributed by atoms with Crippen LogP contribution in [0.25, 0.3) is 83.1 Å². The molecular formula is C73H50N2. The Hall–Kier alpha value is -9.76. The van der Waals surface area contributed by atoms with E-state index in [1.807, 2.05) is 0 Å². The predicted octanol–water partition coefficient (Wildman–Crippen LogP) is 19.3. The van der Waals surface area contributed by atoms with E-state index in [1.54, 1.807) is 0 Å². The average molecular weight is 955 g/mol. The fourth-order valence-corrected chi connectivity index (χ4v) is 12.3. The van der Waals surface area contributed by atoms with Crippen molar-refractivity contribution in [2.75, 3.05) is 4.90 Å². The fraction of sp³-hybridized carbons (Fsp3) is 0.0137. The molecule has 14 rings (SSSR count). The van der Waals surface area contributed by atoms with Crippen molar-refractivity contribution in [2.45, 2.75) is 5.41 Å². The molecule has 75 heavy (non-hydrogen) atoms. The summed E-state index contributed by atoms with van der Waals surface area (Å²) < 4.78 is 2.40. The highest BCUT2D eigenvalue weighted by Crippen LogP contribution is 2.58. The van der Waals surface area contributed by atoms with Crippen molar-refractivity contribution >= 4 is 38.9 Å². The summed E-state index contributed by atoms with van der Waals surface area (Å²) >= 11 is 0. The van der Waals surface area contributed by atoms with Crippen LogP contribution in [-0.4, -0.2) is 4.57 Å². The first-order valence-electron chi connectivity index (χ1n) is 25.9. The lowest BCUT2D eigenvalue weighted by Gasteiger charge is -2.34. The van der Waals surface area contributed by atoms with Gasteiger partial charge in [-0.15, -0.1) is 0 Å². The number of aromatic nitrogens is 1. The minimum atomic E-state index is -0.517. The zero-order chi connectivity index (χ0) is 49.7. The van der Waals surface area contributed by atoms with Crippen molar-refractivity contribution in [2.24, 2.45) is 0 Å². The standard InChI is InChI=1S/C73H50N2/c1-6-24-51(25-7-1)59-34-16-17-36-63(59)71-60(52-26-8-2-9-27-52)38-22-42-69(71)74(57-46-44-53(45-47-57)61-39-23-43-70-72(61)64-37-19-21-41-68(64)75(70)56-32-14-5-15-33-56)58-48-49-67-65(50-58)62-35-18-20-40-66(62)73(67,54-28-10-3-11-29-54)55-30-12-4-13-31-55/h1-50H. The number of benzene rings is 12. The molecule has 0 N–H and O–H groups in total. The van der Waals surface area contributed by atoms with E-state index >= 15 is 0 Å². The molecule has 352 valence electrons. The highest BCUT2D eigenvalue weighted by Gasteiger charge is 2.46. The Morgan fingerprint density at radius 2 is 0.773 bits per heavy atom. The second kappa shape index (κ2) is 18.4. The molecule has 12 aromatic carbocycles. The van der Waals surface area contributed by atoms with Gasteiger partial charge in [0.1, 0.15) is 0 Å². The lowest BCUT2D eigenvalue weighted by atomic mass is 9.68. The Morgan fingerprint density at radius 1 is 0.293 bits per heavy atom. The van der Waals surface area contributed by atoms with Gasteiger partial charge in [-0.2, -0.15) is 0 Å². The summed E-state index contributed by atoms with van der Waals surface area (Å²) in [4.78, 5) is 2.50. The SMILES string of the molecule is c1ccc(-c2ccccc2-c2c(-c3ccccc3)cccc2N(c2ccc(-c3cccc4c3c3ccccc3n4-c3ccccc3)cc2)c2ccc3c(c2)-c2ccccc2C3(c2ccccc2)c2ccccc2)cc1. The summed E-state index contributed by atoms with van der Waals surface area (Å²) in [5, 5.41) is 2.48. The van der Waals surface area contributed by atoms with Gasteiger partial charge in [0.15, 0.2) is 0 Å². The van der Waals surface area contributed by atoms with Crippen LogP contribution in [0.4, 0.5) is 17.1 Å². The van der Waals surface area contributed by atoms with Crippen molar-refractivity contribution in [3.8, 4) is 61.3 Å². The minimum absolute atomic E-state index is 0.517. The molecule has 0 fully saturated rings. The predicted molar refractivity (Wildman–Crippen MR) is 315 cm³/mol. The molecule has 1 aromatic heterocycles. The summed E-state index contributed by atoms with van der Waals surface area (Å²) in [7, 11) is 0. The van der Waals surface area contributed by atoms with E-state index in [0.717, 1.165) is 39.4 Å². The van der Waals surface area contributed by atoms with Gasteiger partial charge < -0.3 is 9.47 Å².